The molecule has 9 heteroatoms. The molecule has 3 heterocycles. The van der Waals surface area contributed by atoms with E-state index in [0.29, 0.717) is 47.9 Å². The number of hydrogen-bond acceptors (Lipinski definition) is 7. The molecular formula is C23H29ClN4O3S. The Balaban J connectivity index is 1.33. The van der Waals surface area contributed by atoms with Crippen molar-refractivity contribution < 1.29 is 14.3 Å². The summed E-state index contributed by atoms with van der Waals surface area (Å²) in [6, 6.07) is 9.55. The second-order valence-electron chi connectivity index (χ2n) is 8.14. The Kier molecular flexibility index (Phi) is 7.55. The summed E-state index contributed by atoms with van der Waals surface area (Å²) in [7, 11) is 2.00. The lowest BCUT2D eigenvalue weighted by atomic mass is 10.0. The number of ether oxygens (including phenoxy) is 2. The maximum atomic E-state index is 12.9. The quantitative estimate of drug-likeness (QED) is 0.336. The number of anilines is 1. The molecule has 0 aliphatic carbocycles. The van der Waals surface area contributed by atoms with Crippen LogP contribution in [-0.2, 0) is 15.2 Å². The number of halogens is 1. The number of carbonyl (C=O) groups excluding carboxylic acids is 1. The second-order valence-corrected chi connectivity index (χ2v) is 9.47. The molecule has 2 fully saturated rings. The van der Waals surface area contributed by atoms with Crippen LogP contribution < -0.4 is 4.90 Å². The van der Waals surface area contributed by atoms with Crippen molar-refractivity contribution in [3.05, 3.63) is 46.6 Å². The maximum Gasteiger partial charge on any atom is 0.253 e. The SMILES string of the molecule is CCCN(C)c1cc(Cl)nc(SCc2ccc(C(=O)N3CCC4(CC3)OCCO4)cc2)n1. The first kappa shape index (κ1) is 23.3. The molecule has 2 aromatic rings. The molecule has 0 N–H and O–H groups in total. The van der Waals surface area contributed by atoms with Gasteiger partial charge >= 0.3 is 0 Å². The van der Waals surface area contributed by atoms with E-state index >= 15 is 0 Å². The van der Waals surface area contributed by atoms with Gasteiger partial charge in [-0.05, 0) is 24.1 Å². The molecule has 32 heavy (non-hydrogen) atoms. The van der Waals surface area contributed by atoms with Crippen molar-refractivity contribution >= 4 is 35.1 Å². The summed E-state index contributed by atoms with van der Waals surface area (Å²) >= 11 is 7.73. The molecule has 0 atom stereocenters. The summed E-state index contributed by atoms with van der Waals surface area (Å²) in [5.41, 5.74) is 1.80. The molecule has 0 bridgehead atoms. The van der Waals surface area contributed by atoms with Crippen LogP contribution in [0.2, 0.25) is 5.15 Å². The van der Waals surface area contributed by atoms with Crippen molar-refractivity contribution in [3.63, 3.8) is 0 Å². The zero-order valence-electron chi connectivity index (χ0n) is 18.6. The first-order valence-corrected chi connectivity index (χ1v) is 12.4. The Morgan fingerprint density at radius 3 is 2.53 bits per heavy atom. The molecule has 7 nitrogen and oxygen atoms in total. The van der Waals surface area contributed by atoms with Gasteiger partial charge in [-0.25, -0.2) is 9.97 Å². The Hall–Kier alpha value is -1.87. The van der Waals surface area contributed by atoms with Gasteiger partial charge in [-0.3, -0.25) is 4.79 Å². The summed E-state index contributed by atoms with van der Waals surface area (Å²) < 4.78 is 11.5. The normalized spacial score (nSPS) is 17.7. The van der Waals surface area contributed by atoms with Crippen molar-refractivity contribution in [2.75, 3.05) is 44.8 Å². The number of piperidine rings is 1. The molecule has 0 radical (unpaired) electrons. The number of carbonyl (C=O) groups is 1. The molecule has 2 aliphatic heterocycles. The van der Waals surface area contributed by atoms with E-state index in [-0.39, 0.29) is 5.91 Å². The minimum Gasteiger partial charge on any atom is -0.360 e. The minimum atomic E-state index is -0.467. The largest absolute Gasteiger partial charge is 0.360 e. The number of benzene rings is 1. The third-order valence-electron chi connectivity index (χ3n) is 5.81. The van der Waals surface area contributed by atoms with Crippen molar-refractivity contribution in [2.24, 2.45) is 0 Å². The highest BCUT2D eigenvalue weighted by atomic mass is 35.5. The monoisotopic (exact) mass is 476 g/mol. The molecule has 1 spiro atoms. The Morgan fingerprint density at radius 1 is 1.19 bits per heavy atom. The zero-order valence-corrected chi connectivity index (χ0v) is 20.1. The van der Waals surface area contributed by atoms with Crippen LogP contribution in [-0.4, -0.2) is 66.5 Å². The van der Waals surface area contributed by atoms with E-state index < -0.39 is 5.79 Å². The van der Waals surface area contributed by atoms with Gasteiger partial charge in [-0.2, -0.15) is 0 Å². The number of nitrogens with zero attached hydrogens (tertiary/aromatic N) is 4. The number of hydrogen-bond donors (Lipinski definition) is 0. The van der Waals surface area contributed by atoms with Crippen molar-refractivity contribution in [3.8, 4) is 0 Å². The molecule has 172 valence electrons. The number of aromatic nitrogens is 2. The first-order valence-electron chi connectivity index (χ1n) is 11.0. The molecule has 1 aromatic heterocycles. The van der Waals surface area contributed by atoms with E-state index in [9.17, 15) is 4.79 Å². The number of likely N-dealkylation sites (tertiary alicyclic amines) is 1. The average molecular weight is 477 g/mol. The van der Waals surface area contributed by atoms with Gasteiger partial charge in [0.2, 0.25) is 0 Å². The summed E-state index contributed by atoms with van der Waals surface area (Å²) in [6.07, 6.45) is 2.48. The average Bonchev–Trinajstić information content (AvgIpc) is 3.26. The third-order valence-corrected chi connectivity index (χ3v) is 6.92. The van der Waals surface area contributed by atoms with Gasteiger partial charge in [-0.1, -0.05) is 42.4 Å². The van der Waals surface area contributed by atoms with Gasteiger partial charge in [0, 0.05) is 56.9 Å². The maximum absolute atomic E-state index is 12.9. The van der Waals surface area contributed by atoms with Crippen LogP contribution in [0.25, 0.3) is 0 Å². The van der Waals surface area contributed by atoms with Crippen LogP contribution >= 0.6 is 23.4 Å². The zero-order chi connectivity index (χ0) is 22.6. The van der Waals surface area contributed by atoms with E-state index in [1.165, 1.54) is 11.8 Å². The van der Waals surface area contributed by atoms with Crippen molar-refractivity contribution in [1.82, 2.24) is 14.9 Å². The van der Waals surface area contributed by atoms with Crippen LogP contribution in [0, 0.1) is 0 Å². The topological polar surface area (TPSA) is 67.8 Å². The van der Waals surface area contributed by atoms with Gasteiger partial charge in [0.1, 0.15) is 11.0 Å². The molecule has 0 saturated carbocycles. The second kappa shape index (κ2) is 10.4. The van der Waals surface area contributed by atoms with Gasteiger partial charge in [-0.15, -0.1) is 0 Å². The highest BCUT2D eigenvalue weighted by Gasteiger charge is 2.40. The smallest absolute Gasteiger partial charge is 0.253 e. The molecule has 1 amide bonds. The lowest BCUT2D eigenvalue weighted by Gasteiger charge is -2.37. The van der Waals surface area contributed by atoms with Crippen LogP contribution in [0.3, 0.4) is 0 Å². The number of rotatable bonds is 7. The summed E-state index contributed by atoms with van der Waals surface area (Å²) in [5.74, 6) is 1.11. The molecule has 1 aromatic carbocycles. The van der Waals surface area contributed by atoms with Crippen LogP contribution in [0.1, 0.15) is 42.1 Å². The Labute approximate surface area is 198 Å². The first-order chi connectivity index (χ1) is 15.5. The molecule has 2 aliphatic rings. The van der Waals surface area contributed by atoms with Gasteiger partial charge < -0.3 is 19.3 Å². The summed E-state index contributed by atoms with van der Waals surface area (Å²) in [4.78, 5) is 25.8. The summed E-state index contributed by atoms with van der Waals surface area (Å²) in [5, 5.41) is 1.09. The van der Waals surface area contributed by atoms with E-state index in [2.05, 4.69) is 21.8 Å². The van der Waals surface area contributed by atoms with E-state index in [1.807, 2.05) is 36.2 Å². The fraction of sp³-hybridized carbons (Fsp3) is 0.522. The molecule has 0 unspecified atom stereocenters. The van der Waals surface area contributed by atoms with Crippen LogP contribution in [0.4, 0.5) is 5.82 Å². The number of thioether (sulfide) groups is 1. The van der Waals surface area contributed by atoms with Crippen molar-refractivity contribution in [2.45, 2.75) is 42.9 Å². The van der Waals surface area contributed by atoms with E-state index in [0.717, 1.165) is 37.2 Å². The summed E-state index contributed by atoms with van der Waals surface area (Å²) in [6.45, 7) is 5.62. The van der Waals surface area contributed by atoms with E-state index in [1.54, 1.807) is 6.07 Å². The van der Waals surface area contributed by atoms with Gasteiger partial charge in [0.15, 0.2) is 10.9 Å². The Bertz CT molecular complexity index is 927. The Morgan fingerprint density at radius 2 is 1.88 bits per heavy atom. The highest BCUT2D eigenvalue weighted by Crippen LogP contribution is 2.32. The predicted molar refractivity (Wildman–Crippen MR) is 126 cm³/mol. The van der Waals surface area contributed by atoms with Gasteiger partial charge in [0.05, 0.1) is 13.2 Å². The molecule has 4 rings (SSSR count). The van der Waals surface area contributed by atoms with Crippen LogP contribution in [0.5, 0.6) is 0 Å². The van der Waals surface area contributed by atoms with Crippen LogP contribution in [0.15, 0.2) is 35.5 Å². The minimum absolute atomic E-state index is 0.0545. The standard InChI is InChI=1S/C23H29ClN4O3S/c1-3-10-27(2)20-15-19(24)25-22(26-20)32-16-17-4-6-18(7-5-17)21(29)28-11-8-23(9-12-28)30-13-14-31-23/h4-7,15H,3,8-14,16H2,1-2H3. The fourth-order valence-electron chi connectivity index (χ4n) is 4.01. The third kappa shape index (κ3) is 5.54. The molecule has 2 saturated heterocycles. The van der Waals surface area contributed by atoms with Crippen molar-refractivity contribution in [1.29, 1.82) is 0 Å². The fourth-order valence-corrected chi connectivity index (χ4v) is 5.04. The number of amides is 1. The predicted octanol–water partition coefficient (Wildman–Crippen LogP) is 4.25. The lowest BCUT2D eigenvalue weighted by Crippen LogP contribution is -2.47. The lowest BCUT2D eigenvalue weighted by molar-refractivity contribution is -0.181. The molecular weight excluding hydrogens is 448 g/mol. The van der Waals surface area contributed by atoms with Gasteiger partial charge in [0.25, 0.3) is 5.91 Å². The highest BCUT2D eigenvalue weighted by molar-refractivity contribution is 7.98. The van der Waals surface area contributed by atoms with E-state index in [4.69, 9.17) is 21.1 Å².